The van der Waals surface area contributed by atoms with Crippen molar-refractivity contribution in [1.29, 1.82) is 0 Å². The van der Waals surface area contributed by atoms with E-state index in [4.69, 9.17) is 33.2 Å². The average molecular weight is 558 g/mol. The summed E-state index contributed by atoms with van der Waals surface area (Å²) in [6.07, 6.45) is 12.0. The lowest BCUT2D eigenvalue weighted by molar-refractivity contribution is -0.122. The minimum Gasteiger partial charge on any atom is -0.358 e. The Labute approximate surface area is 233 Å². The topological polar surface area (TPSA) is 100 Å². The third-order valence-corrected chi connectivity index (χ3v) is 7.86. The van der Waals surface area contributed by atoms with Gasteiger partial charge in [-0.05, 0) is 30.0 Å². The number of anilines is 2. The molecule has 1 amide bonds. The van der Waals surface area contributed by atoms with E-state index in [1.165, 1.54) is 19.3 Å². The Bertz CT molecular complexity index is 1210. The summed E-state index contributed by atoms with van der Waals surface area (Å²) in [6, 6.07) is 6.76. The zero-order chi connectivity index (χ0) is 26.3. The molecule has 1 aliphatic carbocycles. The van der Waals surface area contributed by atoms with Gasteiger partial charge in [-0.15, -0.1) is 0 Å². The van der Waals surface area contributed by atoms with Crippen LogP contribution in [0.25, 0.3) is 5.82 Å². The van der Waals surface area contributed by atoms with Gasteiger partial charge < -0.3 is 20.9 Å². The van der Waals surface area contributed by atoms with Crippen molar-refractivity contribution < 1.29 is 4.79 Å². The zero-order valence-corrected chi connectivity index (χ0v) is 22.9. The number of hydrogen-bond acceptors (Lipinski definition) is 7. The van der Waals surface area contributed by atoms with Gasteiger partial charge in [0, 0.05) is 61.2 Å². The number of piperazine rings is 1. The molecule has 1 saturated heterocycles. The predicted octanol–water partition coefficient (Wildman–Crippen LogP) is 4.45. The zero-order valence-electron chi connectivity index (χ0n) is 21.4. The number of rotatable bonds is 9. The second-order valence-corrected chi connectivity index (χ2v) is 10.9. The third kappa shape index (κ3) is 6.95. The van der Waals surface area contributed by atoms with E-state index in [2.05, 4.69) is 25.8 Å². The fraction of sp³-hybridized carbons (Fsp3) is 0.481. The van der Waals surface area contributed by atoms with Gasteiger partial charge in [0.1, 0.15) is 24.0 Å². The Morgan fingerprint density at radius 1 is 1.11 bits per heavy atom. The summed E-state index contributed by atoms with van der Waals surface area (Å²) in [4.78, 5) is 29.6. The van der Waals surface area contributed by atoms with Gasteiger partial charge in [0.05, 0.1) is 0 Å². The molecule has 5 rings (SSSR count). The fourth-order valence-electron chi connectivity index (χ4n) is 5.17. The number of nitrogens with one attached hydrogen (secondary N) is 3. The largest absolute Gasteiger partial charge is 0.358 e. The lowest BCUT2D eigenvalue weighted by Crippen LogP contribution is -2.44. The van der Waals surface area contributed by atoms with Crippen molar-refractivity contribution in [2.24, 2.45) is 5.92 Å². The summed E-state index contributed by atoms with van der Waals surface area (Å²) in [5, 5.41) is 11.0. The molecule has 9 nitrogen and oxygen atoms in total. The average Bonchev–Trinajstić information content (AvgIpc) is 3.48. The number of imidazole rings is 1. The molecule has 2 fully saturated rings. The van der Waals surface area contributed by atoms with Gasteiger partial charge >= 0.3 is 0 Å². The smallest absolute Gasteiger partial charge is 0.242 e. The Kier molecular flexibility index (Phi) is 8.98. The molecule has 3 heterocycles. The fourth-order valence-corrected chi connectivity index (χ4v) is 5.64. The maximum atomic E-state index is 13.6. The summed E-state index contributed by atoms with van der Waals surface area (Å²) >= 11 is 12.4. The molecule has 3 aromatic rings. The maximum absolute atomic E-state index is 13.6. The minimum atomic E-state index is -0.439. The lowest BCUT2D eigenvalue weighted by atomic mass is 9.84. The van der Waals surface area contributed by atoms with Crippen LogP contribution in [0.15, 0.2) is 43.0 Å². The first-order chi connectivity index (χ1) is 18.5. The van der Waals surface area contributed by atoms with Crippen molar-refractivity contribution in [3.05, 3.63) is 58.6 Å². The molecular formula is C27H34Cl2N8O. The van der Waals surface area contributed by atoms with E-state index in [0.717, 1.165) is 51.0 Å². The molecule has 1 unspecified atom stereocenters. The quantitative estimate of drug-likeness (QED) is 0.358. The van der Waals surface area contributed by atoms with Crippen LogP contribution in [0.5, 0.6) is 0 Å². The van der Waals surface area contributed by atoms with E-state index in [0.29, 0.717) is 40.1 Å². The Hall–Kier alpha value is -2.88. The Morgan fingerprint density at radius 3 is 2.66 bits per heavy atom. The molecular weight excluding hydrogens is 523 g/mol. The van der Waals surface area contributed by atoms with Crippen LogP contribution >= 0.6 is 23.2 Å². The number of carbonyl (C=O) groups is 1. The molecule has 0 bridgehead atoms. The third-order valence-electron chi connectivity index (χ3n) is 7.27. The van der Waals surface area contributed by atoms with E-state index < -0.39 is 6.04 Å². The van der Waals surface area contributed by atoms with Gasteiger partial charge in [0.2, 0.25) is 11.9 Å². The van der Waals surface area contributed by atoms with Crippen LogP contribution in [0.3, 0.4) is 0 Å². The molecule has 202 valence electrons. The highest BCUT2D eigenvalue weighted by Gasteiger charge is 2.26. The van der Waals surface area contributed by atoms with Crippen molar-refractivity contribution in [1.82, 2.24) is 30.2 Å². The van der Waals surface area contributed by atoms with Crippen molar-refractivity contribution in [2.75, 3.05) is 36.4 Å². The molecule has 11 heteroatoms. The van der Waals surface area contributed by atoms with Crippen LogP contribution in [0.1, 0.15) is 44.1 Å². The number of carbonyl (C=O) groups excluding carboxylic acids is 1. The second-order valence-electron chi connectivity index (χ2n) is 10.0. The molecule has 2 aromatic heterocycles. The lowest BCUT2D eigenvalue weighted by Gasteiger charge is -2.29. The van der Waals surface area contributed by atoms with E-state index in [-0.39, 0.29) is 5.91 Å². The van der Waals surface area contributed by atoms with Crippen molar-refractivity contribution in [2.45, 2.75) is 51.1 Å². The SMILES string of the molecule is O=C(NCc1ccc(Cl)cc1Cl)C(CC1CCCCC1)Nc1cc(-n2ccnc2)nc(N2CCNCC2)n1. The first kappa shape index (κ1) is 26.7. The van der Waals surface area contributed by atoms with Gasteiger partial charge in [0.25, 0.3) is 0 Å². The molecule has 38 heavy (non-hydrogen) atoms. The molecule has 0 spiro atoms. The second kappa shape index (κ2) is 12.8. The molecule has 1 saturated carbocycles. The highest BCUT2D eigenvalue weighted by molar-refractivity contribution is 6.35. The Morgan fingerprint density at radius 2 is 1.92 bits per heavy atom. The molecule has 2 aliphatic rings. The molecule has 1 atom stereocenters. The number of aromatic nitrogens is 4. The maximum Gasteiger partial charge on any atom is 0.242 e. The number of halogens is 2. The van der Waals surface area contributed by atoms with Crippen molar-refractivity contribution in [3.63, 3.8) is 0 Å². The number of amides is 1. The van der Waals surface area contributed by atoms with Crippen LogP contribution < -0.4 is 20.9 Å². The van der Waals surface area contributed by atoms with E-state index >= 15 is 0 Å². The van der Waals surface area contributed by atoms with E-state index in [1.54, 1.807) is 24.7 Å². The summed E-state index contributed by atoms with van der Waals surface area (Å²) in [5.74, 6) is 2.39. The summed E-state index contributed by atoms with van der Waals surface area (Å²) in [7, 11) is 0. The van der Waals surface area contributed by atoms with Gasteiger partial charge in [-0.2, -0.15) is 9.97 Å². The first-order valence-corrected chi connectivity index (χ1v) is 14.1. The molecule has 0 radical (unpaired) electrons. The highest BCUT2D eigenvalue weighted by Crippen LogP contribution is 2.29. The van der Waals surface area contributed by atoms with Crippen LogP contribution in [-0.4, -0.2) is 57.6 Å². The van der Waals surface area contributed by atoms with Crippen LogP contribution in [-0.2, 0) is 11.3 Å². The van der Waals surface area contributed by atoms with Crippen molar-refractivity contribution >= 4 is 40.9 Å². The number of nitrogens with zero attached hydrogens (tertiary/aromatic N) is 5. The van der Waals surface area contributed by atoms with Crippen molar-refractivity contribution in [3.8, 4) is 5.82 Å². The van der Waals surface area contributed by atoms with Gasteiger partial charge in [-0.1, -0.05) is 61.4 Å². The first-order valence-electron chi connectivity index (χ1n) is 13.4. The number of benzene rings is 1. The predicted molar refractivity (Wildman–Crippen MR) is 151 cm³/mol. The van der Waals surface area contributed by atoms with E-state index in [9.17, 15) is 4.79 Å². The van der Waals surface area contributed by atoms with Gasteiger partial charge in [-0.3, -0.25) is 9.36 Å². The monoisotopic (exact) mass is 556 g/mol. The Balaban J connectivity index is 1.38. The van der Waals surface area contributed by atoms with E-state index in [1.807, 2.05) is 22.9 Å². The van der Waals surface area contributed by atoms with Gasteiger partial charge in [0.15, 0.2) is 0 Å². The highest BCUT2D eigenvalue weighted by atomic mass is 35.5. The van der Waals surface area contributed by atoms with Gasteiger partial charge in [-0.25, -0.2) is 4.98 Å². The molecule has 3 N–H and O–H groups in total. The summed E-state index contributed by atoms with van der Waals surface area (Å²) in [6.45, 7) is 3.72. The van der Waals surface area contributed by atoms with Crippen LogP contribution in [0, 0.1) is 5.92 Å². The number of hydrogen-bond donors (Lipinski definition) is 3. The molecule has 1 aliphatic heterocycles. The minimum absolute atomic E-state index is 0.0758. The summed E-state index contributed by atoms with van der Waals surface area (Å²) < 4.78 is 1.86. The van der Waals surface area contributed by atoms with Crippen LogP contribution in [0.2, 0.25) is 10.0 Å². The van der Waals surface area contributed by atoms with Crippen LogP contribution in [0.4, 0.5) is 11.8 Å². The molecule has 1 aromatic carbocycles. The standard InChI is InChI=1S/C27H34Cl2N8O/c28-21-7-6-20(22(29)15-21)17-32-26(38)23(14-19-4-2-1-3-5-19)33-24-16-25(37-13-10-31-18-37)35-27(34-24)36-11-8-30-9-12-36/h6-7,10,13,15-16,18-19,23,30H,1-5,8-9,11-12,14,17H2,(H,32,38)(H,33,34,35). The normalized spacial score (nSPS) is 17.3. The summed E-state index contributed by atoms with van der Waals surface area (Å²) in [5.41, 5.74) is 0.825.